The van der Waals surface area contributed by atoms with Crippen LogP contribution >= 0.6 is 0 Å². The Kier molecular flexibility index (Phi) is 5.74. The van der Waals surface area contributed by atoms with Gasteiger partial charge < -0.3 is 15.3 Å². The summed E-state index contributed by atoms with van der Waals surface area (Å²) in [5.74, 6) is 0.00185. The molecule has 138 valence electrons. The zero-order valence-corrected chi connectivity index (χ0v) is 15.6. The van der Waals surface area contributed by atoms with Crippen LogP contribution in [0.2, 0.25) is 0 Å². The average molecular weight is 352 g/mol. The maximum Gasteiger partial charge on any atom is 0.217 e. The molecular formula is C22H28N2O2. The molecule has 1 aliphatic rings. The SMILES string of the molecule is CC(=O)NC1(c2ccccc2)CCN(CC(O)c2ccc(C)cc2)CC1. The van der Waals surface area contributed by atoms with Crippen LogP contribution in [0.3, 0.4) is 0 Å². The number of rotatable bonds is 5. The van der Waals surface area contributed by atoms with E-state index in [0.717, 1.165) is 37.1 Å². The minimum Gasteiger partial charge on any atom is -0.387 e. The number of aliphatic hydroxyl groups excluding tert-OH is 1. The van der Waals surface area contributed by atoms with Crippen molar-refractivity contribution in [2.24, 2.45) is 0 Å². The van der Waals surface area contributed by atoms with Crippen LogP contribution in [-0.2, 0) is 10.3 Å². The second kappa shape index (κ2) is 8.02. The predicted molar refractivity (Wildman–Crippen MR) is 104 cm³/mol. The summed E-state index contributed by atoms with van der Waals surface area (Å²) in [6.07, 6.45) is 1.20. The molecule has 1 heterocycles. The van der Waals surface area contributed by atoms with Crippen molar-refractivity contribution in [3.63, 3.8) is 0 Å². The molecule has 2 aromatic rings. The molecule has 0 aliphatic carbocycles. The fraction of sp³-hybridized carbons (Fsp3) is 0.409. The van der Waals surface area contributed by atoms with E-state index in [1.807, 2.05) is 49.4 Å². The molecule has 0 aromatic heterocycles. The van der Waals surface area contributed by atoms with Gasteiger partial charge in [0.05, 0.1) is 11.6 Å². The lowest BCUT2D eigenvalue weighted by molar-refractivity contribution is -0.121. The highest BCUT2D eigenvalue weighted by atomic mass is 16.3. The first-order chi connectivity index (χ1) is 12.5. The van der Waals surface area contributed by atoms with Crippen LogP contribution in [0, 0.1) is 6.92 Å². The number of carbonyl (C=O) groups excluding carboxylic acids is 1. The third-order valence-electron chi connectivity index (χ3n) is 5.34. The molecule has 0 radical (unpaired) electrons. The van der Waals surface area contributed by atoms with E-state index < -0.39 is 6.10 Å². The van der Waals surface area contributed by atoms with Crippen molar-refractivity contribution in [1.82, 2.24) is 10.2 Å². The average Bonchev–Trinajstić information content (AvgIpc) is 2.64. The van der Waals surface area contributed by atoms with Gasteiger partial charge in [-0.1, -0.05) is 60.2 Å². The van der Waals surface area contributed by atoms with Gasteiger partial charge in [-0.2, -0.15) is 0 Å². The van der Waals surface area contributed by atoms with Gasteiger partial charge in [-0.15, -0.1) is 0 Å². The summed E-state index contributed by atoms with van der Waals surface area (Å²) < 4.78 is 0. The van der Waals surface area contributed by atoms with Gasteiger partial charge in [-0.25, -0.2) is 0 Å². The van der Waals surface area contributed by atoms with Crippen LogP contribution < -0.4 is 5.32 Å². The Balaban J connectivity index is 1.66. The van der Waals surface area contributed by atoms with Gasteiger partial charge in [-0.3, -0.25) is 4.79 Å². The fourth-order valence-corrected chi connectivity index (χ4v) is 3.84. The molecule has 2 aromatic carbocycles. The molecule has 1 atom stereocenters. The number of aryl methyl sites for hydroxylation is 1. The topological polar surface area (TPSA) is 52.6 Å². The largest absolute Gasteiger partial charge is 0.387 e. The first kappa shape index (κ1) is 18.6. The van der Waals surface area contributed by atoms with Crippen LogP contribution in [-0.4, -0.2) is 35.5 Å². The van der Waals surface area contributed by atoms with E-state index in [1.165, 1.54) is 5.56 Å². The van der Waals surface area contributed by atoms with Crippen LogP contribution in [0.5, 0.6) is 0 Å². The summed E-state index contributed by atoms with van der Waals surface area (Å²) in [7, 11) is 0. The lowest BCUT2D eigenvalue weighted by Crippen LogP contribution is -2.53. The van der Waals surface area contributed by atoms with Crippen LogP contribution in [0.25, 0.3) is 0 Å². The van der Waals surface area contributed by atoms with Gasteiger partial charge in [0.2, 0.25) is 5.91 Å². The minimum atomic E-state index is -0.486. The quantitative estimate of drug-likeness (QED) is 0.869. The minimum absolute atomic E-state index is 0.00185. The molecule has 0 saturated carbocycles. The summed E-state index contributed by atoms with van der Waals surface area (Å²) in [6.45, 7) is 5.94. The molecule has 26 heavy (non-hydrogen) atoms. The first-order valence-electron chi connectivity index (χ1n) is 9.30. The van der Waals surface area contributed by atoms with E-state index in [-0.39, 0.29) is 11.4 Å². The number of aliphatic hydroxyl groups is 1. The third-order valence-corrected chi connectivity index (χ3v) is 5.34. The normalized spacial score (nSPS) is 18.3. The zero-order chi connectivity index (χ0) is 18.6. The molecule has 0 bridgehead atoms. The zero-order valence-electron chi connectivity index (χ0n) is 15.6. The summed E-state index contributed by atoms with van der Waals surface area (Å²) in [5, 5.41) is 13.7. The predicted octanol–water partition coefficient (Wildman–Crippen LogP) is 3.16. The summed E-state index contributed by atoms with van der Waals surface area (Å²) >= 11 is 0. The van der Waals surface area contributed by atoms with E-state index >= 15 is 0 Å². The Morgan fingerprint density at radius 2 is 1.73 bits per heavy atom. The number of nitrogens with one attached hydrogen (secondary N) is 1. The molecule has 1 aliphatic heterocycles. The monoisotopic (exact) mass is 352 g/mol. The lowest BCUT2D eigenvalue weighted by Gasteiger charge is -2.43. The van der Waals surface area contributed by atoms with Crippen molar-refractivity contribution in [2.75, 3.05) is 19.6 Å². The molecule has 1 unspecified atom stereocenters. The number of hydrogen-bond acceptors (Lipinski definition) is 3. The first-order valence-corrected chi connectivity index (χ1v) is 9.30. The van der Waals surface area contributed by atoms with Gasteiger partial charge >= 0.3 is 0 Å². The van der Waals surface area contributed by atoms with Crippen molar-refractivity contribution in [1.29, 1.82) is 0 Å². The number of amides is 1. The second-order valence-electron chi connectivity index (χ2n) is 7.36. The standard InChI is InChI=1S/C22H28N2O2/c1-17-8-10-19(11-9-17)21(26)16-24-14-12-22(13-15-24,23-18(2)25)20-6-4-3-5-7-20/h3-11,21,26H,12-16H2,1-2H3,(H,23,25). The Bertz CT molecular complexity index is 720. The van der Waals surface area contributed by atoms with Crippen molar-refractivity contribution < 1.29 is 9.90 Å². The van der Waals surface area contributed by atoms with E-state index in [0.29, 0.717) is 6.54 Å². The summed E-state index contributed by atoms with van der Waals surface area (Å²) in [4.78, 5) is 14.1. The Morgan fingerprint density at radius 1 is 1.12 bits per heavy atom. The van der Waals surface area contributed by atoms with Crippen LogP contribution in [0.15, 0.2) is 54.6 Å². The maximum absolute atomic E-state index is 11.8. The molecule has 2 N–H and O–H groups in total. The highest BCUT2D eigenvalue weighted by Gasteiger charge is 2.37. The molecule has 1 amide bonds. The third kappa shape index (κ3) is 4.32. The molecule has 1 saturated heterocycles. The number of piperidine rings is 1. The fourth-order valence-electron chi connectivity index (χ4n) is 3.84. The van der Waals surface area contributed by atoms with Crippen molar-refractivity contribution in [3.8, 4) is 0 Å². The smallest absolute Gasteiger partial charge is 0.217 e. The number of likely N-dealkylation sites (tertiary alicyclic amines) is 1. The highest BCUT2D eigenvalue weighted by Crippen LogP contribution is 2.33. The molecular weight excluding hydrogens is 324 g/mol. The second-order valence-corrected chi connectivity index (χ2v) is 7.36. The number of carbonyl (C=O) groups is 1. The maximum atomic E-state index is 11.8. The van der Waals surface area contributed by atoms with Gasteiger partial charge in [-0.05, 0) is 30.9 Å². The Labute approximate surface area is 155 Å². The summed E-state index contributed by atoms with van der Waals surface area (Å²) in [5.41, 5.74) is 3.01. The number of hydrogen-bond donors (Lipinski definition) is 2. The summed E-state index contributed by atoms with van der Waals surface area (Å²) in [6, 6.07) is 18.3. The van der Waals surface area contributed by atoms with Gasteiger partial charge in [0.15, 0.2) is 0 Å². The van der Waals surface area contributed by atoms with Gasteiger partial charge in [0.25, 0.3) is 0 Å². The Morgan fingerprint density at radius 3 is 2.31 bits per heavy atom. The number of benzene rings is 2. The highest BCUT2D eigenvalue weighted by molar-refractivity contribution is 5.74. The van der Waals surface area contributed by atoms with E-state index in [9.17, 15) is 9.90 Å². The van der Waals surface area contributed by atoms with E-state index in [2.05, 4.69) is 22.3 Å². The van der Waals surface area contributed by atoms with Crippen LogP contribution in [0.1, 0.15) is 42.6 Å². The molecule has 4 nitrogen and oxygen atoms in total. The lowest BCUT2D eigenvalue weighted by atomic mass is 9.80. The number of β-amino-alcohol motifs (C(OH)–C–C–N with tert-alkyl or cyclic N) is 1. The van der Waals surface area contributed by atoms with Crippen molar-refractivity contribution >= 4 is 5.91 Å². The molecule has 4 heteroatoms. The van der Waals surface area contributed by atoms with Gasteiger partial charge in [0.1, 0.15) is 0 Å². The number of nitrogens with zero attached hydrogens (tertiary/aromatic N) is 1. The molecule has 0 spiro atoms. The van der Waals surface area contributed by atoms with Gasteiger partial charge in [0, 0.05) is 26.6 Å². The Hall–Kier alpha value is -2.17. The van der Waals surface area contributed by atoms with Crippen molar-refractivity contribution in [3.05, 3.63) is 71.3 Å². The van der Waals surface area contributed by atoms with Crippen molar-refractivity contribution in [2.45, 2.75) is 38.3 Å². The molecule has 3 rings (SSSR count). The van der Waals surface area contributed by atoms with E-state index in [4.69, 9.17) is 0 Å². The van der Waals surface area contributed by atoms with Crippen LogP contribution in [0.4, 0.5) is 0 Å². The molecule has 1 fully saturated rings. The van der Waals surface area contributed by atoms with E-state index in [1.54, 1.807) is 6.92 Å².